The van der Waals surface area contributed by atoms with Crippen LogP contribution >= 0.6 is 0 Å². The number of rotatable bonds is 9. The van der Waals surface area contributed by atoms with Gasteiger partial charge in [-0.3, -0.25) is 4.79 Å². The van der Waals surface area contributed by atoms with E-state index < -0.39 is 25.1 Å². The van der Waals surface area contributed by atoms with Crippen LogP contribution in [-0.2, 0) is 9.53 Å². The summed E-state index contributed by atoms with van der Waals surface area (Å²) in [6, 6.07) is 11.3. The number of benzene rings is 1. The van der Waals surface area contributed by atoms with Gasteiger partial charge in [0.05, 0.1) is 12.1 Å². The molecule has 1 aromatic heterocycles. The largest absolute Gasteiger partial charge is 0.386 e. The van der Waals surface area contributed by atoms with Crippen molar-refractivity contribution < 1.29 is 24.1 Å². The molecule has 1 saturated heterocycles. The number of pyridine rings is 1. The van der Waals surface area contributed by atoms with E-state index in [-0.39, 0.29) is 24.5 Å². The minimum atomic E-state index is -1.20. The zero-order valence-corrected chi connectivity index (χ0v) is 19.4. The van der Waals surface area contributed by atoms with E-state index in [1.165, 1.54) is 0 Å². The average molecular weight is 471 g/mol. The Morgan fingerprint density at radius 3 is 2.59 bits per heavy atom. The minimum absolute atomic E-state index is 0.0596. The highest BCUT2D eigenvalue weighted by Gasteiger charge is 2.29. The van der Waals surface area contributed by atoms with Crippen molar-refractivity contribution in [2.24, 2.45) is 0 Å². The summed E-state index contributed by atoms with van der Waals surface area (Å²) in [6.07, 6.45) is 0.898. The molecule has 1 aliphatic rings. The smallest absolute Gasteiger partial charge is 0.221 e. The number of carbonyl (C=O) groups is 1. The van der Waals surface area contributed by atoms with Gasteiger partial charge in [0, 0.05) is 37.2 Å². The molecule has 9 heteroatoms. The van der Waals surface area contributed by atoms with Gasteiger partial charge in [-0.15, -0.1) is 0 Å². The van der Waals surface area contributed by atoms with Crippen LogP contribution in [0, 0.1) is 11.3 Å². The van der Waals surface area contributed by atoms with Crippen LogP contribution in [0.3, 0.4) is 0 Å². The van der Waals surface area contributed by atoms with E-state index in [1.54, 1.807) is 42.6 Å². The maximum absolute atomic E-state index is 13.7. The Morgan fingerprint density at radius 2 is 2.00 bits per heavy atom. The van der Waals surface area contributed by atoms with E-state index in [2.05, 4.69) is 10.3 Å². The zero-order chi connectivity index (χ0) is 24.7. The molecule has 0 saturated carbocycles. The number of carbonyl (C=O) groups excluding carboxylic acids is 1. The Labute approximate surface area is 199 Å². The number of ether oxygens (including phenoxy) is 1. The van der Waals surface area contributed by atoms with Crippen LogP contribution < -0.4 is 5.32 Å². The summed E-state index contributed by atoms with van der Waals surface area (Å²) >= 11 is 0. The van der Waals surface area contributed by atoms with Crippen LogP contribution in [0.25, 0.3) is 11.1 Å². The first-order valence-electron chi connectivity index (χ1n) is 11.3. The Kier molecular flexibility index (Phi) is 9.07. The second-order valence-electron chi connectivity index (χ2n) is 8.70. The first kappa shape index (κ1) is 25.7. The molecule has 2 heterocycles. The summed E-state index contributed by atoms with van der Waals surface area (Å²) in [5.74, 6) is -0.352. The summed E-state index contributed by atoms with van der Waals surface area (Å²) in [7, 11) is 1.88. The molecule has 5 atom stereocenters. The predicted molar refractivity (Wildman–Crippen MR) is 124 cm³/mol. The van der Waals surface area contributed by atoms with Gasteiger partial charge in [-0.1, -0.05) is 24.3 Å². The predicted octanol–water partition coefficient (Wildman–Crippen LogP) is 2.32. The molecule has 0 spiro atoms. The van der Waals surface area contributed by atoms with Gasteiger partial charge in [-0.05, 0) is 43.7 Å². The summed E-state index contributed by atoms with van der Waals surface area (Å²) in [5, 5.41) is 31.9. The molecule has 1 aromatic carbocycles. The Balaban J connectivity index is 1.53. The molecule has 34 heavy (non-hydrogen) atoms. The number of amides is 1. The molecule has 2 aromatic rings. The van der Waals surface area contributed by atoms with Crippen molar-refractivity contribution >= 4 is 5.91 Å². The Hall–Kier alpha value is -2.90. The van der Waals surface area contributed by atoms with Crippen molar-refractivity contribution in [2.75, 3.05) is 20.3 Å². The number of nitriles is 1. The molecule has 0 radical (unpaired) electrons. The second-order valence-corrected chi connectivity index (χ2v) is 8.70. The van der Waals surface area contributed by atoms with Crippen molar-refractivity contribution in [1.82, 2.24) is 15.2 Å². The van der Waals surface area contributed by atoms with Gasteiger partial charge in [0.1, 0.15) is 24.5 Å². The lowest BCUT2D eigenvalue weighted by molar-refractivity contribution is -0.173. The molecule has 182 valence electrons. The van der Waals surface area contributed by atoms with Crippen LogP contribution in [0.5, 0.6) is 0 Å². The fourth-order valence-corrected chi connectivity index (χ4v) is 4.13. The summed E-state index contributed by atoms with van der Waals surface area (Å²) < 4.78 is 19.0. The van der Waals surface area contributed by atoms with Gasteiger partial charge in [0.15, 0.2) is 6.29 Å². The molecule has 5 unspecified atom stereocenters. The lowest BCUT2D eigenvalue weighted by Gasteiger charge is -2.36. The van der Waals surface area contributed by atoms with E-state index in [9.17, 15) is 19.4 Å². The second kappa shape index (κ2) is 12.0. The van der Waals surface area contributed by atoms with Gasteiger partial charge in [-0.2, -0.15) is 5.26 Å². The van der Waals surface area contributed by atoms with Crippen LogP contribution in [0.1, 0.15) is 43.5 Å². The molecular weight excluding hydrogens is 439 g/mol. The third-order valence-electron chi connectivity index (χ3n) is 6.14. The van der Waals surface area contributed by atoms with Crippen molar-refractivity contribution in [1.29, 1.82) is 5.26 Å². The van der Waals surface area contributed by atoms with Crippen molar-refractivity contribution in [3.63, 3.8) is 0 Å². The zero-order valence-electron chi connectivity index (χ0n) is 19.4. The van der Waals surface area contributed by atoms with Crippen LogP contribution in [0.4, 0.5) is 4.39 Å². The normalized spacial score (nSPS) is 22.1. The van der Waals surface area contributed by atoms with Crippen LogP contribution in [0.2, 0.25) is 0 Å². The van der Waals surface area contributed by atoms with Gasteiger partial charge in [0.25, 0.3) is 0 Å². The maximum atomic E-state index is 13.7. The fourth-order valence-electron chi connectivity index (χ4n) is 4.13. The number of hydrogen-bond acceptors (Lipinski definition) is 7. The average Bonchev–Trinajstić information content (AvgIpc) is 2.85. The van der Waals surface area contributed by atoms with E-state index in [4.69, 9.17) is 10.00 Å². The molecule has 8 nitrogen and oxygen atoms in total. The summed E-state index contributed by atoms with van der Waals surface area (Å²) in [6.45, 7) is 1.43. The van der Waals surface area contributed by atoms with Gasteiger partial charge < -0.3 is 25.2 Å². The number of aromatic nitrogens is 1. The lowest BCUT2D eigenvalue weighted by atomic mass is 9.99. The molecule has 0 bridgehead atoms. The number of nitrogens with zero attached hydrogens (tertiary/aromatic N) is 3. The number of aliphatic hydroxyl groups is 2. The monoisotopic (exact) mass is 470 g/mol. The Bertz CT molecular complexity index is 970. The first-order chi connectivity index (χ1) is 16.3. The molecule has 3 N–H and O–H groups in total. The number of aliphatic hydroxyl groups excluding tert-OH is 2. The summed E-state index contributed by atoms with van der Waals surface area (Å²) in [5.41, 5.74) is 2.45. The van der Waals surface area contributed by atoms with Gasteiger partial charge in [-0.25, -0.2) is 9.37 Å². The number of hydrogen-bond donors (Lipinski definition) is 3. The topological polar surface area (TPSA) is 119 Å². The quantitative estimate of drug-likeness (QED) is 0.515. The number of halogens is 1. The molecular formula is C25H31FN4O4. The van der Waals surface area contributed by atoms with E-state index >= 15 is 0 Å². The molecule has 3 rings (SSSR count). The van der Waals surface area contributed by atoms with Gasteiger partial charge in [0.2, 0.25) is 5.91 Å². The Morgan fingerprint density at radius 1 is 1.29 bits per heavy atom. The number of alkyl halides is 1. The van der Waals surface area contributed by atoms with Crippen LogP contribution in [-0.4, -0.2) is 70.7 Å². The lowest BCUT2D eigenvalue weighted by Crippen LogP contribution is -2.45. The summed E-state index contributed by atoms with van der Waals surface area (Å²) in [4.78, 5) is 18.5. The number of nitrogens with one attached hydrogen (secondary N) is 1. The van der Waals surface area contributed by atoms with Crippen LogP contribution in [0.15, 0.2) is 42.6 Å². The highest BCUT2D eigenvalue weighted by molar-refractivity contribution is 5.76. The molecule has 0 aliphatic carbocycles. The molecule has 1 aliphatic heterocycles. The van der Waals surface area contributed by atoms with Crippen molar-refractivity contribution in [2.45, 2.75) is 56.8 Å². The van der Waals surface area contributed by atoms with E-state index in [0.717, 1.165) is 17.5 Å². The van der Waals surface area contributed by atoms with E-state index in [0.29, 0.717) is 24.2 Å². The maximum Gasteiger partial charge on any atom is 0.221 e. The standard InChI is InChI=1S/C25H31FN4O4/c1-16-11-21(12-24(32)34-16)30(2)10-9-23(31)29-22(13-26)25(33)18-5-3-17(4-6-18)19-7-8-20(14-27)28-15-19/h3-8,15-16,21-22,24-25,32-33H,9-13H2,1-2H3,(H,29,31). The van der Waals surface area contributed by atoms with Crippen molar-refractivity contribution in [3.8, 4) is 17.2 Å². The molecule has 1 fully saturated rings. The van der Waals surface area contributed by atoms with Crippen molar-refractivity contribution in [3.05, 3.63) is 53.9 Å². The highest BCUT2D eigenvalue weighted by atomic mass is 19.1. The fraction of sp³-hybridized carbons (Fsp3) is 0.480. The highest BCUT2D eigenvalue weighted by Crippen LogP contribution is 2.24. The van der Waals surface area contributed by atoms with E-state index in [1.807, 2.05) is 24.9 Å². The third kappa shape index (κ3) is 6.81. The SMILES string of the molecule is CC1CC(N(C)CCC(=O)NC(CF)C(O)c2ccc(-c3ccc(C#N)nc3)cc2)CC(O)O1. The minimum Gasteiger partial charge on any atom is -0.386 e. The first-order valence-corrected chi connectivity index (χ1v) is 11.3. The third-order valence-corrected chi connectivity index (χ3v) is 6.14. The van der Waals surface area contributed by atoms with Gasteiger partial charge >= 0.3 is 0 Å². The molecule has 1 amide bonds.